The molecular weight excluding hydrogens is 342 g/mol. The number of amides is 3. The number of benzene rings is 1. The number of hydrogen-bond acceptors (Lipinski definition) is 4. The maximum atomic E-state index is 11.9. The molecule has 0 aromatic heterocycles. The second-order valence-electron chi connectivity index (χ2n) is 7.73. The van der Waals surface area contributed by atoms with Gasteiger partial charge in [0.2, 0.25) is 17.7 Å². The van der Waals surface area contributed by atoms with Gasteiger partial charge in [0.1, 0.15) is 6.04 Å². The summed E-state index contributed by atoms with van der Waals surface area (Å²) in [7, 11) is 0. The Morgan fingerprint density at radius 1 is 1.11 bits per heavy atom. The largest absolute Gasteiger partial charge is 0.370 e. The number of hydrogen-bond donors (Lipinski definition) is 2. The number of nitrogens with two attached hydrogens (primary N) is 1. The van der Waals surface area contributed by atoms with Crippen LogP contribution in [0, 0.1) is 5.92 Å². The summed E-state index contributed by atoms with van der Waals surface area (Å²) in [5.74, 6) is -0.190. The van der Waals surface area contributed by atoms with Crippen molar-refractivity contribution in [1.29, 1.82) is 0 Å². The number of imide groups is 1. The molecule has 27 heavy (non-hydrogen) atoms. The maximum Gasteiger partial charge on any atom is 0.243 e. The Morgan fingerprint density at radius 3 is 2.48 bits per heavy atom. The summed E-state index contributed by atoms with van der Waals surface area (Å²) in [5.41, 5.74) is 9.61. The van der Waals surface area contributed by atoms with Crippen molar-refractivity contribution in [2.45, 2.75) is 57.5 Å². The molecule has 3 amide bonds. The minimum Gasteiger partial charge on any atom is -0.370 e. The van der Waals surface area contributed by atoms with Crippen molar-refractivity contribution >= 4 is 29.0 Å². The third-order valence-corrected chi connectivity index (χ3v) is 5.90. The van der Waals surface area contributed by atoms with Crippen molar-refractivity contribution in [2.24, 2.45) is 11.7 Å². The first-order valence-electron chi connectivity index (χ1n) is 9.77. The minimum atomic E-state index is -0.528. The lowest BCUT2D eigenvalue weighted by Crippen LogP contribution is -2.36. The summed E-state index contributed by atoms with van der Waals surface area (Å²) in [6.45, 7) is 0.274. The van der Waals surface area contributed by atoms with Gasteiger partial charge in [0.15, 0.2) is 0 Å². The molecule has 3 aliphatic rings. The molecule has 2 aliphatic heterocycles. The molecule has 1 aliphatic carbocycles. The second kappa shape index (κ2) is 7.18. The highest BCUT2D eigenvalue weighted by Crippen LogP contribution is 2.41. The van der Waals surface area contributed by atoms with Crippen LogP contribution in [0.4, 0.5) is 5.69 Å². The number of nitrogens with zero attached hydrogens (tertiary/aromatic N) is 1. The topological polar surface area (TPSA) is 92.5 Å². The highest BCUT2D eigenvalue weighted by Gasteiger charge is 2.30. The molecular formula is C21H25N3O3. The van der Waals surface area contributed by atoms with E-state index in [0.29, 0.717) is 18.8 Å². The summed E-state index contributed by atoms with van der Waals surface area (Å²) in [6.07, 6.45) is 8.52. The lowest BCUT2D eigenvalue weighted by atomic mass is 9.78. The zero-order chi connectivity index (χ0) is 19.0. The molecule has 1 saturated carbocycles. The normalized spacial score (nSPS) is 23.0. The Hall–Kier alpha value is -2.63. The molecule has 1 unspecified atom stereocenters. The number of fused-ring (bicyclic) bond motifs is 1. The van der Waals surface area contributed by atoms with Gasteiger partial charge in [-0.05, 0) is 42.0 Å². The summed E-state index contributed by atoms with van der Waals surface area (Å²) in [4.78, 5) is 37.0. The minimum absolute atomic E-state index is 0.122. The fourth-order valence-electron chi connectivity index (χ4n) is 4.44. The average Bonchev–Trinajstić information content (AvgIpc) is 2.99. The average molecular weight is 367 g/mol. The van der Waals surface area contributed by atoms with Crippen molar-refractivity contribution < 1.29 is 14.4 Å². The van der Waals surface area contributed by atoms with Gasteiger partial charge in [0, 0.05) is 24.1 Å². The van der Waals surface area contributed by atoms with Gasteiger partial charge in [-0.15, -0.1) is 0 Å². The molecule has 0 bridgehead atoms. The van der Waals surface area contributed by atoms with E-state index in [-0.39, 0.29) is 18.4 Å². The van der Waals surface area contributed by atoms with Crippen molar-refractivity contribution in [2.75, 3.05) is 5.32 Å². The molecule has 1 aromatic carbocycles. The number of likely N-dealkylation sites (tertiary alicyclic amines) is 1. The van der Waals surface area contributed by atoms with Crippen LogP contribution in [0.25, 0.3) is 5.57 Å². The molecule has 1 saturated heterocycles. The van der Waals surface area contributed by atoms with Crippen LogP contribution in [-0.4, -0.2) is 28.7 Å². The summed E-state index contributed by atoms with van der Waals surface area (Å²) >= 11 is 0. The van der Waals surface area contributed by atoms with E-state index in [4.69, 9.17) is 5.73 Å². The van der Waals surface area contributed by atoms with E-state index in [1.54, 1.807) is 0 Å². The molecule has 1 aromatic rings. The smallest absolute Gasteiger partial charge is 0.243 e. The second-order valence-corrected chi connectivity index (χ2v) is 7.73. The summed E-state index contributed by atoms with van der Waals surface area (Å²) in [6, 6.07) is 5.43. The molecule has 4 rings (SSSR count). The van der Waals surface area contributed by atoms with Crippen LogP contribution < -0.4 is 11.1 Å². The van der Waals surface area contributed by atoms with Crippen LogP contribution in [0.5, 0.6) is 0 Å². The van der Waals surface area contributed by atoms with Gasteiger partial charge in [-0.2, -0.15) is 0 Å². The zero-order valence-corrected chi connectivity index (χ0v) is 15.4. The monoisotopic (exact) mass is 367 g/mol. The van der Waals surface area contributed by atoms with Gasteiger partial charge in [0.05, 0.1) is 6.54 Å². The SMILES string of the molecule is NC(=O)C1C=C(C2CCCCC2)c2ccc(CN3C(=O)CCC3=O)cc2N1. The van der Waals surface area contributed by atoms with Crippen molar-refractivity contribution in [3.8, 4) is 0 Å². The van der Waals surface area contributed by atoms with E-state index >= 15 is 0 Å². The van der Waals surface area contributed by atoms with Crippen molar-refractivity contribution in [3.63, 3.8) is 0 Å². The molecule has 6 heteroatoms. The Kier molecular flexibility index (Phi) is 4.72. The fraction of sp³-hybridized carbons (Fsp3) is 0.476. The molecule has 3 N–H and O–H groups in total. The first-order valence-corrected chi connectivity index (χ1v) is 9.77. The number of primary amides is 1. The van der Waals surface area contributed by atoms with Crippen LogP contribution in [0.3, 0.4) is 0 Å². The van der Waals surface area contributed by atoms with E-state index in [1.807, 2.05) is 24.3 Å². The van der Waals surface area contributed by atoms with Crippen LogP contribution in [0.1, 0.15) is 56.1 Å². The zero-order valence-electron chi connectivity index (χ0n) is 15.4. The first kappa shape index (κ1) is 17.8. The van der Waals surface area contributed by atoms with Gasteiger partial charge in [-0.3, -0.25) is 19.3 Å². The van der Waals surface area contributed by atoms with Crippen molar-refractivity contribution in [1.82, 2.24) is 4.90 Å². The molecule has 142 valence electrons. The molecule has 1 atom stereocenters. The Bertz CT molecular complexity index is 808. The summed E-state index contributed by atoms with van der Waals surface area (Å²) in [5, 5.41) is 3.21. The van der Waals surface area contributed by atoms with Crippen LogP contribution >= 0.6 is 0 Å². The Labute approximate surface area is 158 Å². The number of rotatable bonds is 4. The lowest BCUT2D eigenvalue weighted by Gasteiger charge is -2.32. The number of nitrogens with one attached hydrogen (secondary N) is 1. The van der Waals surface area contributed by atoms with Gasteiger partial charge >= 0.3 is 0 Å². The van der Waals surface area contributed by atoms with Gasteiger partial charge in [0.25, 0.3) is 0 Å². The van der Waals surface area contributed by atoms with E-state index in [2.05, 4.69) is 5.32 Å². The molecule has 6 nitrogen and oxygen atoms in total. The number of carbonyl (C=O) groups is 3. The number of anilines is 1. The summed E-state index contributed by atoms with van der Waals surface area (Å²) < 4.78 is 0. The fourth-order valence-corrected chi connectivity index (χ4v) is 4.44. The predicted octanol–water partition coefficient (Wildman–Crippen LogP) is 2.58. The van der Waals surface area contributed by atoms with E-state index in [0.717, 1.165) is 29.7 Å². The third-order valence-electron chi connectivity index (χ3n) is 5.90. The van der Waals surface area contributed by atoms with Crippen LogP contribution in [-0.2, 0) is 20.9 Å². The van der Waals surface area contributed by atoms with Gasteiger partial charge in [-0.1, -0.05) is 31.4 Å². The standard InChI is InChI=1S/C21H25N3O3/c22-21(27)18-11-16(14-4-2-1-3-5-14)15-7-6-13(10-17(15)23-18)12-24-19(25)8-9-20(24)26/h6-7,10-11,14,18,23H,1-5,8-9,12H2,(H2,22,27). The van der Waals surface area contributed by atoms with Crippen LogP contribution in [0.15, 0.2) is 24.3 Å². The molecule has 2 fully saturated rings. The maximum absolute atomic E-state index is 11.9. The third kappa shape index (κ3) is 3.48. The first-order chi connectivity index (χ1) is 13.0. The number of carbonyl (C=O) groups excluding carboxylic acids is 3. The predicted molar refractivity (Wildman–Crippen MR) is 102 cm³/mol. The highest BCUT2D eigenvalue weighted by atomic mass is 16.2. The van der Waals surface area contributed by atoms with Gasteiger partial charge < -0.3 is 11.1 Å². The molecule has 0 radical (unpaired) electrons. The van der Waals surface area contributed by atoms with Gasteiger partial charge in [-0.25, -0.2) is 0 Å². The van der Waals surface area contributed by atoms with E-state index in [9.17, 15) is 14.4 Å². The Morgan fingerprint density at radius 2 is 1.81 bits per heavy atom. The molecule has 2 heterocycles. The molecule has 0 spiro atoms. The number of allylic oxidation sites excluding steroid dienone is 1. The highest BCUT2D eigenvalue weighted by molar-refractivity contribution is 6.02. The Balaban J connectivity index is 1.64. The van der Waals surface area contributed by atoms with E-state index < -0.39 is 11.9 Å². The quantitative estimate of drug-likeness (QED) is 0.800. The lowest BCUT2D eigenvalue weighted by molar-refractivity contribution is -0.139. The van der Waals surface area contributed by atoms with Crippen LogP contribution in [0.2, 0.25) is 0 Å². The van der Waals surface area contributed by atoms with Crippen molar-refractivity contribution in [3.05, 3.63) is 35.4 Å². The van der Waals surface area contributed by atoms with E-state index in [1.165, 1.54) is 29.7 Å².